The summed E-state index contributed by atoms with van der Waals surface area (Å²) >= 11 is 0. The van der Waals surface area contributed by atoms with Gasteiger partial charge in [-0.3, -0.25) is 0 Å². The molecule has 0 aromatic heterocycles. The molecule has 0 heterocycles. The number of esters is 2. The van der Waals surface area contributed by atoms with Crippen LogP contribution in [0.25, 0.3) is 0 Å². The molecule has 0 aliphatic carbocycles. The highest BCUT2D eigenvalue weighted by atomic mass is 16.5. The van der Waals surface area contributed by atoms with Crippen LogP contribution < -0.4 is 0 Å². The molecule has 1 aromatic rings. The summed E-state index contributed by atoms with van der Waals surface area (Å²) in [5.41, 5.74) is 0.538. The van der Waals surface area contributed by atoms with Gasteiger partial charge in [0.05, 0.1) is 18.8 Å². The lowest BCUT2D eigenvalue weighted by molar-refractivity contribution is -0.137. The number of rotatable bonds is 7. The SMILES string of the molecule is C=CC(=O)OCCCCOC(=O)c1ccccc1. The van der Waals surface area contributed by atoms with Gasteiger partial charge in [0.25, 0.3) is 0 Å². The Morgan fingerprint density at radius 3 is 2.28 bits per heavy atom. The Morgan fingerprint density at radius 2 is 1.67 bits per heavy atom. The van der Waals surface area contributed by atoms with Gasteiger partial charge in [-0.2, -0.15) is 0 Å². The Morgan fingerprint density at radius 1 is 1.06 bits per heavy atom. The second-order valence-corrected chi connectivity index (χ2v) is 3.58. The van der Waals surface area contributed by atoms with Gasteiger partial charge in [0, 0.05) is 6.08 Å². The number of hydrogen-bond acceptors (Lipinski definition) is 4. The minimum atomic E-state index is -0.434. The molecule has 0 aliphatic heterocycles. The average molecular weight is 248 g/mol. The molecule has 0 amide bonds. The number of unbranched alkanes of at least 4 members (excludes halogenated alkanes) is 1. The Balaban J connectivity index is 2.10. The van der Waals surface area contributed by atoms with E-state index in [9.17, 15) is 9.59 Å². The molecule has 0 radical (unpaired) electrons. The van der Waals surface area contributed by atoms with Crippen LogP contribution in [0.1, 0.15) is 23.2 Å². The van der Waals surface area contributed by atoms with Gasteiger partial charge in [0.1, 0.15) is 0 Å². The number of hydrogen-bond donors (Lipinski definition) is 0. The molecule has 1 aromatic carbocycles. The first kappa shape index (κ1) is 14.0. The van der Waals surface area contributed by atoms with Gasteiger partial charge < -0.3 is 9.47 Å². The second-order valence-electron chi connectivity index (χ2n) is 3.58. The molecule has 0 atom stereocenters. The molecule has 0 N–H and O–H groups in total. The molecule has 4 heteroatoms. The summed E-state index contributed by atoms with van der Waals surface area (Å²) in [6.45, 7) is 3.92. The molecule has 0 saturated heterocycles. The van der Waals surface area contributed by atoms with Crippen molar-refractivity contribution in [1.82, 2.24) is 0 Å². The van der Waals surface area contributed by atoms with Gasteiger partial charge in [-0.15, -0.1) is 0 Å². The largest absolute Gasteiger partial charge is 0.463 e. The van der Waals surface area contributed by atoms with E-state index in [-0.39, 0.29) is 5.97 Å². The molecule has 1 rings (SSSR count). The summed E-state index contributed by atoms with van der Waals surface area (Å²) in [6.07, 6.45) is 2.43. The van der Waals surface area contributed by atoms with Gasteiger partial charge >= 0.3 is 11.9 Å². The zero-order valence-electron chi connectivity index (χ0n) is 10.1. The molecule has 0 fully saturated rings. The standard InChI is InChI=1S/C14H16O4/c1-2-13(15)17-10-6-7-11-18-14(16)12-8-4-3-5-9-12/h2-5,8-9H,1,6-7,10-11H2. The van der Waals surface area contributed by atoms with Crippen molar-refractivity contribution in [3.63, 3.8) is 0 Å². The van der Waals surface area contributed by atoms with E-state index in [0.717, 1.165) is 6.08 Å². The quantitative estimate of drug-likeness (QED) is 0.422. The third-order valence-electron chi connectivity index (χ3n) is 2.19. The maximum atomic E-state index is 11.5. The van der Waals surface area contributed by atoms with Crippen molar-refractivity contribution in [3.05, 3.63) is 48.6 Å². The number of carbonyl (C=O) groups is 2. The van der Waals surface area contributed by atoms with E-state index in [4.69, 9.17) is 9.47 Å². The fraction of sp³-hybridized carbons (Fsp3) is 0.286. The average Bonchev–Trinajstić information content (AvgIpc) is 2.43. The molecule has 0 spiro atoms. The Hall–Kier alpha value is -2.10. The van der Waals surface area contributed by atoms with E-state index < -0.39 is 5.97 Å². The van der Waals surface area contributed by atoms with Gasteiger partial charge in [-0.1, -0.05) is 24.8 Å². The first-order valence-electron chi connectivity index (χ1n) is 5.75. The van der Waals surface area contributed by atoms with Crippen LogP contribution in [0.5, 0.6) is 0 Å². The minimum absolute atomic E-state index is 0.313. The highest BCUT2D eigenvalue weighted by molar-refractivity contribution is 5.89. The topological polar surface area (TPSA) is 52.6 Å². The summed E-state index contributed by atoms with van der Waals surface area (Å²) < 4.78 is 9.85. The third-order valence-corrected chi connectivity index (χ3v) is 2.19. The maximum absolute atomic E-state index is 11.5. The van der Waals surface area contributed by atoms with E-state index in [2.05, 4.69) is 6.58 Å². The van der Waals surface area contributed by atoms with E-state index >= 15 is 0 Å². The van der Waals surface area contributed by atoms with Crippen LogP contribution in [0.2, 0.25) is 0 Å². The summed E-state index contributed by atoms with van der Waals surface area (Å²) in [5.74, 6) is -0.769. The zero-order chi connectivity index (χ0) is 13.2. The molecule has 96 valence electrons. The molecular weight excluding hydrogens is 232 g/mol. The summed E-state index contributed by atoms with van der Waals surface area (Å²) in [7, 11) is 0. The van der Waals surface area contributed by atoms with Crippen LogP contribution in [-0.2, 0) is 14.3 Å². The van der Waals surface area contributed by atoms with Crippen molar-refractivity contribution in [1.29, 1.82) is 0 Å². The molecule has 0 saturated carbocycles. The zero-order valence-corrected chi connectivity index (χ0v) is 10.1. The molecule has 4 nitrogen and oxygen atoms in total. The fourth-order valence-corrected chi connectivity index (χ4v) is 1.26. The highest BCUT2D eigenvalue weighted by Gasteiger charge is 2.05. The molecule has 18 heavy (non-hydrogen) atoms. The monoisotopic (exact) mass is 248 g/mol. The Bertz CT molecular complexity index is 398. The normalized spacial score (nSPS) is 9.56. The second kappa shape index (κ2) is 8.06. The Labute approximate surface area is 106 Å². The number of carbonyl (C=O) groups excluding carboxylic acids is 2. The van der Waals surface area contributed by atoms with Crippen LogP contribution in [-0.4, -0.2) is 25.2 Å². The van der Waals surface area contributed by atoms with Gasteiger partial charge in [0.2, 0.25) is 0 Å². The minimum Gasteiger partial charge on any atom is -0.463 e. The first-order chi connectivity index (χ1) is 8.74. The van der Waals surface area contributed by atoms with Crippen LogP contribution in [0.4, 0.5) is 0 Å². The third kappa shape index (κ3) is 5.30. The molecule has 0 unspecified atom stereocenters. The predicted molar refractivity (Wildman–Crippen MR) is 67.1 cm³/mol. The van der Waals surface area contributed by atoms with Crippen molar-refractivity contribution in [2.24, 2.45) is 0 Å². The van der Waals surface area contributed by atoms with Crippen molar-refractivity contribution in [2.75, 3.05) is 13.2 Å². The van der Waals surface area contributed by atoms with Crippen molar-refractivity contribution in [2.45, 2.75) is 12.8 Å². The summed E-state index contributed by atoms with van der Waals surface area (Å²) in [4.78, 5) is 22.2. The molecular formula is C14H16O4. The van der Waals surface area contributed by atoms with Crippen molar-refractivity contribution >= 4 is 11.9 Å². The lowest BCUT2D eigenvalue weighted by atomic mass is 10.2. The lowest BCUT2D eigenvalue weighted by Gasteiger charge is -2.05. The predicted octanol–water partition coefficient (Wildman–Crippen LogP) is 2.35. The number of ether oxygens (including phenoxy) is 2. The van der Waals surface area contributed by atoms with Gasteiger partial charge in [-0.05, 0) is 25.0 Å². The van der Waals surface area contributed by atoms with Crippen LogP contribution >= 0.6 is 0 Å². The molecule has 0 bridgehead atoms. The smallest absolute Gasteiger partial charge is 0.338 e. The van der Waals surface area contributed by atoms with Gasteiger partial charge in [-0.25, -0.2) is 9.59 Å². The van der Waals surface area contributed by atoms with Gasteiger partial charge in [0.15, 0.2) is 0 Å². The van der Waals surface area contributed by atoms with Crippen LogP contribution in [0.3, 0.4) is 0 Å². The Kier molecular flexibility index (Phi) is 6.25. The summed E-state index contributed by atoms with van der Waals surface area (Å²) in [6, 6.07) is 8.81. The van der Waals surface area contributed by atoms with Crippen LogP contribution in [0, 0.1) is 0 Å². The van der Waals surface area contributed by atoms with E-state index in [0.29, 0.717) is 31.6 Å². The highest BCUT2D eigenvalue weighted by Crippen LogP contribution is 2.02. The van der Waals surface area contributed by atoms with E-state index in [1.165, 1.54) is 0 Å². The fourth-order valence-electron chi connectivity index (χ4n) is 1.26. The van der Waals surface area contributed by atoms with E-state index in [1.54, 1.807) is 24.3 Å². The van der Waals surface area contributed by atoms with Crippen molar-refractivity contribution < 1.29 is 19.1 Å². The first-order valence-corrected chi connectivity index (χ1v) is 5.75. The summed E-state index contributed by atoms with van der Waals surface area (Å²) in [5, 5.41) is 0. The maximum Gasteiger partial charge on any atom is 0.338 e. The van der Waals surface area contributed by atoms with E-state index in [1.807, 2.05) is 6.07 Å². The van der Waals surface area contributed by atoms with Crippen molar-refractivity contribution in [3.8, 4) is 0 Å². The number of benzene rings is 1. The lowest BCUT2D eigenvalue weighted by Crippen LogP contribution is -2.08. The molecule has 0 aliphatic rings. The van der Waals surface area contributed by atoms with Crippen LogP contribution in [0.15, 0.2) is 43.0 Å².